The van der Waals surface area contributed by atoms with Gasteiger partial charge in [-0.1, -0.05) is 23.2 Å². The molecule has 0 bridgehead atoms. The van der Waals surface area contributed by atoms with E-state index in [1.54, 1.807) is 24.3 Å². The first-order chi connectivity index (χ1) is 14.3. The maximum absolute atomic E-state index is 11.8. The normalized spacial score (nSPS) is 10.1. The Kier molecular flexibility index (Phi) is 9.11. The van der Waals surface area contributed by atoms with Gasteiger partial charge in [-0.2, -0.15) is 0 Å². The Morgan fingerprint density at radius 3 is 2.00 bits per heavy atom. The van der Waals surface area contributed by atoms with E-state index < -0.39 is 24.4 Å². The van der Waals surface area contributed by atoms with Crippen molar-refractivity contribution in [1.82, 2.24) is 10.9 Å². The maximum atomic E-state index is 11.8. The third-order valence-electron chi connectivity index (χ3n) is 3.70. The molecule has 0 fully saturated rings. The predicted octanol–water partition coefficient (Wildman–Crippen LogP) is 3.11. The number of nitrogens with one attached hydrogen (secondary N) is 3. The Morgan fingerprint density at radius 1 is 0.767 bits per heavy atom. The number of hydrogen-bond donors (Lipinski definition) is 3. The highest BCUT2D eigenvalue weighted by Crippen LogP contribution is 2.14. The smallest absolute Gasteiger partial charge is 0.306 e. The highest BCUT2D eigenvalue weighted by molar-refractivity contribution is 6.31. The lowest BCUT2D eigenvalue weighted by molar-refractivity contribution is -0.148. The van der Waals surface area contributed by atoms with Gasteiger partial charge in [0.15, 0.2) is 6.61 Å². The van der Waals surface area contributed by atoms with Gasteiger partial charge in [-0.3, -0.25) is 30.0 Å². The number of esters is 1. The number of benzene rings is 2. The van der Waals surface area contributed by atoms with Gasteiger partial charge in [0.2, 0.25) is 5.91 Å². The quantitative estimate of drug-likeness (QED) is 0.421. The van der Waals surface area contributed by atoms with Crippen molar-refractivity contribution in [2.75, 3.05) is 11.9 Å². The largest absolute Gasteiger partial charge is 0.455 e. The zero-order valence-corrected chi connectivity index (χ0v) is 17.3. The Labute approximate surface area is 182 Å². The van der Waals surface area contributed by atoms with Gasteiger partial charge in [0.05, 0.1) is 0 Å². The third kappa shape index (κ3) is 8.50. The van der Waals surface area contributed by atoms with Crippen molar-refractivity contribution in [3.05, 3.63) is 64.1 Å². The minimum atomic E-state index is -0.703. The molecule has 0 spiro atoms. The second-order valence-electron chi connectivity index (χ2n) is 6.08. The average molecular weight is 452 g/mol. The van der Waals surface area contributed by atoms with Gasteiger partial charge in [0.25, 0.3) is 11.8 Å². The third-order valence-corrected chi connectivity index (χ3v) is 4.20. The standard InChI is InChI=1S/C20H19Cl2N3O5/c21-14-6-4-13(5-7-14)20(29)25-24-18(27)12-30-19(28)3-1-2-17(26)23-16-10-8-15(22)9-11-16/h4-11H,1-3,12H2,(H,23,26)(H,24,27)(H,25,29). The number of carbonyl (C=O) groups excluding carboxylic acids is 4. The Morgan fingerprint density at radius 2 is 1.37 bits per heavy atom. The molecule has 158 valence electrons. The minimum absolute atomic E-state index is 0.0293. The second-order valence-corrected chi connectivity index (χ2v) is 6.95. The summed E-state index contributed by atoms with van der Waals surface area (Å²) in [6, 6.07) is 12.7. The van der Waals surface area contributed by atoms with Crippen LogP contribution in [0, 0.1) is 0 Å². The van der Waals surface area contributed by atoms with Crippen LogP contribution < -0.4 is 16.2 Å². The second kappa shape index (κ2) is 11.8. The molecule has 0 radical (unpaired) electrons. The zero-order chi connectivity index (χ0) is 21.9. The lowest BCUT2D eigenvalue weighted by Crippen LogP contribution is -2.43. The van der Waals surface area contributed by atoms with Gasteiger partial charge in [-0.15, -0.1) is 0 Å². The van der Waals surface area contributed by atoms with Crippen LogP contribution in [0.15, 0.2) is 48.5 Å². The molecule has 0 saturated carbocycles. The molecule has 0 aromatic heterocycles. The molecule has 30 heavy (non-hydrogen) atoms. The molecule has 10 heteroatoms. The zero-order valence-electron chi connectivity index (χ0n) is 15.7. The van der Waals surface area contributed by atoms with Crippen molar-refractivity contribution in [2.45, 2.75) is 19.3 Å². The van der Waals surface area contributed by atoms with Gasteiger partial charge < -0.3 is 10.1 Å². The van der Waals surface area contributed by atoms with Crippen molar-refractivity contribution < 1.29 is 23.9 Å². The number of rotatable bonds is 8. The van der Waals surface area contributed by atoms with Crippen LogP contribution >= 0.6 is 23.2 Å². The molecule has 0 aliphatic carbocycles. The fraction of sp³-hybridized carbons (Fsp3) is 0.200. The summed E-state index contributed by atoms with van der Waals surface area (Å²) in [7, 11) is 0. The van der Waals surface area contributed by atoms with E-state index in [9.17, 15) is 19.2 Å². The molecule has 0 unspecified atom stereocenters. The molecular weight excluding hydrogens is 433 g/mol. The van der Waals surface area contributed by atoms with Crippen LogP contribution in [0.2, 0.25) is 10.0 Å². The summed E-state index contributed by atoms with van der Waals surface area (Å²) in [5, 5.41) is 3.71. The number of hydrogen-bond acceptors (Lipinski definition) is 5. The molecule has 8 nitrogen and oxygen atoms in total. The number of amides is 3. The maximum Gasteiger partial charge on any atom is 0.306 e. The summed E-state index contributed by atoms with van der Waals surface area (Å²) < 4.78 is 4.80. The highest BCUT2D eigenvalue weighted by Gasteiger charge is 2.11. The lowest BCUT2D eigenvalue weighted by atomic mass is 10.2. The molecular formula is C20H19Cl2N3O5. The molecule has 3 N–H and O–H groups in total. The van der Waals surface area contributed by atoms with Gasteiger partial charge >= 0.3 is 5.97 Å². The fourth-order valence-corrected chi connectivity index (χ4v) is 2.46. The average Bonchev–Trinajstić information content (AvgIpc) is 2.72. The number of carbonyl (C=O) groups is 4. The van der Waals surface area contributed by atoms with E-state index >= 15 is 0 Å². The molecule has 3 amide bonds. The molecule has 0 saturated heterocycles. The number of halogens is 2. The molecule has 0 atom stereocenters. The van der Waals surface area contributed by atoms with E-state index in [0.717, 1.165) is 0 Å². The first-order valence-electron chi connectivity index (χ1n) is 8.89. The van der Waals surface area contributed by atoms with Crippen molar-refractivity contribution in [2.24, 2.45) is 0 Å². The van der Waals surface area contributed by atoms with Gasteiger partial charge in [-0.05, 0) is 55.0 Å². The van der Waals surface area contributed by atoms with E-state index in [1.165, 1.54) is 24.3 Å². The lowest BCUT2D eigenvalue weighted by Gasteiger charge is -2.08. The first kappa shape index (κ1) is 23.2. The summed E-state index contributed by atoms with van der Waals surface area (Å²) in [6.07, 6.45) is 0.340. The summed E-state index contributed by atoms with van der Waals surface area (Å²) in [5.41, 5.74) is 5.23. The van der Waals surface area contributed by atoms with Crippen molar-refractivity contribution in [3.8, 4) is 0 Å². The summed E-state index contributed by atoms with van der Waals surface area (Å²) in [4.78, 5) is 47.0. The van der Waals surface area contributed by atoms with Crippen LogP contribution in [0.4, 0.5) is 5.69 Å². The monoisotopic (exact) mass is 451 g/mol. The Bertz CT molecular complexity index is 902. The highest BCUT2D eigenvalue weighted by atomic mass is 35.5. The topological polar surface area (TPSA) is 114 Å². The first-order valence-corrected chi connectivity index (χ1v) is 9.65. The SMILES string of the molecule is O=C(COC(=O)CCCC(=O)Nc1ccc(Cl)cc1)NNC(=O)c1ccc(Cl)cc1. The van der Waals surface area contributed by atoms with E-state index in [0.29, 0.717) is 21.3 Å². The molecule has 2 aromatic carbocycles. The number of hydrazine groups is 1. The van der Waals surface area contributed by atoms with E-state index in [4.69, 9.17) is 27.9 Å². The van der Waals surface area contributed by atoms with Crippen molar-refractivity contribution >= 4 is 52.6 Å². The predicted molar refractivity (Wildman–Crippen MR) is 112 cm³/mol. The van der Waals surface area contributed by atoms with Gasteiger partial charge in [0, 0.05) is 34.1 Å². The van der Waals surface area contributed by atoms with Crippen molar-refractivity contribution in [3.63, 3.8) is 0 Å². The number of ether oxygens (including phenoxy) is 1. The molecule has 2 rings (SSSR count). The van der Waals surface area contributed by atoms with E-state index in [2.05, 4.69) is 16.2 Å². The Balaban J connectivity index is 1.59. The van der Waals surface area contributed by atoms with Crippen LogP contribution in [-0.2, 0) is 19.1 Å². The summed E-state index contributed by atoms with van der Waals surface area (Å²) >= 11 is 11.5. The van der Waals surface area contributed by atoms with E-state index in [1.807, 2.05) is 0 Å². The van der Waals surface area contributed by atoms with E-state index in [-0.39, 0.29) is 25.2 Å². The van der Waals surface area contributed by atoms with Crippen LogP contribution in [0.3, 0.4) is 0 Å². The molecule has 0 aliphatic heterocycles. The molecule has 0 heterocycles. The fourth-order valence-electron chi connectivity index (χ4n) is 2.20. The number of anilines is 1. The van der Waals surface area contributed by atoms with Crippen molar-refractivity contribution in [1.29, 1.82) is 0 Å². The van der Waals surface area contributed by atoms with Crippen LogP contribution in [0.5, 0.6) is 0 Å². The van der Waals surface area contributed by atoms with Crippen LogP contribution in [0.25, 0.3) is 0 Å². The molecule has 0 aliphatic rings. The van der Waals surface area contributed by atoms with Crippen LogP contribution in [0.1, 0.15) is 29.6 Å². The Hall–Kier alpha value is -3.10. The van der Waals surface area contributed by atoms with Gasteiger partial charge in [-0.25, -0.2) is 0 Å². The van der Waals surface area contributed by atoms with Gasteiger partial charge in [0.1, 0.15) is 0 Å². The minimum Gasteiger partial charge on any atom is -0.455 e. The summed E-state index contributed by atoms with van der Waals surface area (Å²) in [6.45, 7) is -0.559. The molecule has 2 aromatic rings. The van der Waals surface area contributed by atoms with Crippen LogP contribution in [-0.4, -0.2) is 30.3 Å². The summed E-state index contributed by atoms with van der Waals surface area (Å²) in [5.74, 6) is -2.13.